The van der Waals surface area contributed by atoms with E-state index in [0.717, 1.165) is 0 Å². The highest BCUT2D eigenvalue weighted by atomic mass is 35.5. The number of hydrogen-bond donors (Lipinski definition) is 1. The van der Waals surface area contributed by atoms with Crippen molar-refractivity contribution < 1.29 is 14.7 Å². The van der Waals surface area contributed by atoms with Crippen molar-refractivity contribution in [3.8, 4) is 11.4 Å². The molecule has 2 heterocycles. The number of aromatic nitrogens is 3. The molecule has 3 aromatic rings. The summed E-state index contributed by atoms with van der Waals surface area (Å²) in [6.07, 6.45) is 1.59. The van der Waals surface area contributed by atoms with E-state index in [1.54, 1.807) is 48.7 Å². The summed E-state index contributed by atoms with van der Waals surface area (Å²) in [5.41, 5.74) is 1.30. The van der Waals surface area contributed by atoms with E-state index >= 15 is 0 Å². The summed E-state index contributed by atoms with van der Waals surface area (Å²) in [7, 11) is 0. The topological polar surface area (TPSA) is 85.1 Å². The van der Waals surface area contributed by atoms with Gasteiger partial charge in [0.2, 0.25) is 0 Å². The number of carbonyl (C=O) groups is 2. The molecule has 0 atom stereocenters. The number of nitrogens with zero attached hydrogens (tertiary/aromatic N) is 3. The first-order valence-corrected chi connectivity index (χ1v) is 7.43. The smallest absolute Gasteiger partial charge is 0.354 e. The average molecular weight is 342 g/mol. The third-order valence-electron chi connectivity index (χ3n) is 3.39. The maximum Gasteiger partial charge on any atom is 0.354 e. The molecule has 1 N–H and O–H groups in total. The molecule has 6 nitrogen and oxygen atoms in total. The first-order valence-electron chi connectivity index (χ1n) is 7.06. The van der Waals surface area contributed by atoms with Crippen molar-refractivity contribution in [1.82, 2.24) is 14.8 Å². The predicted molar refractivity (Wildman–Crippen MR) is 88.2 cm³/mol. The van der Waals surface area contributed by atoms with E-state index in [4.69, 9.17) is 11.6 Å². The van der Waals surface area contributed by atoms with E-state index in [1.165, 1.54) is 10.7 Å². The van der Waals surface area contributed by atoms with Crippen LogP contribution in [-0.2, 0) is 6.54 Å². The largest absolute Gasteiger partial charge is 0.477 e. The van der Waals surface area contributed by atoms with Gasteiger partial charge in [0.15, 0.2) is 5.78 Å². The maximum absolute atomic E-state index is 12.3. The number of benzene rings is 1. The lowest BCUT2D eigenvalue weighted by Crippen LogP contribution is -2.16. The second kappa shape index (κ2) is 6.64. The van der Waals surface area contributed by atoms with Crippen molar-refractivity contribution in [1.29, 1.82) is 0 Å². The highest BCUT2D eigenvalue weighted by molar-refractivity contribution is 6.30. The van der Waals surface area contributed by atoms with Gasteiger partial charge in [-0.3, -0.25) is 9.78 Å². The molecule has 0 fully saturated rings. The lowest BCUT2D eigenvalue weighted by molar-refractivity contribution is 0.0683. The third-order valence-corrected chi connectivity index (χ3v) is 3.64. The molecule has 7 heteroatoms. The molecule has 0 saturated heterocycles. The Balaban J connectivity index is 1.92. The Morgan fingerprint density at radius 1 is 1.08 bits per heavy atom. The van der Waals surface area contributed by atoms with E-state index in [2.05, 4.69) is 10.1 Å². The second-order valence-corrected chi connectivity index (χ2v) is 5.46. The van der Waals surface area contributed by atoms with Crippen LogP contribution in [-0.4, -0.2) is 31.6 Å². The number of hydrogen-bond acceptors (Lipinski definition) is 4. The van der Waals surface area contributed by atoms with Gasteiger partial charge in [0.05, 0.1) is 5.69 Å². The first kappa shape index (κ1) is 15.9. The molecule has 0 saturated carbocycles. The number of Topliss-reactive ketones (excluding diaryl/α,β-unsaturated/α-hetero) is 1. The SMILES string of the molecule is O=C(Cn1nc(-c2ccccn2)cc1C(=O)O)c1ccc(Cl)cc1. The van der Waals surface area contributed by atoms with Crippen LogP contribution in [0.2, 0.25) is 5.02 Å². The Labute approximate surface area is 142 Å². The molecule has 0 radical (unpaired) electrons. The molecule has 0 aliphatic rings. The maximum atomic E-state index is 12.3. The van der Waals surface area contributed by atoms with Crippen LogP contribution in [0.25, 0.3) is 11.4 Å². The molecule has 0 amide bonds. The lowest BCUT2D eigenvalue weighted by atomic mass is 10.1. The molecule has 0 aliphatic carbocycles. The number of aromatic carboxylic acids is 1. The zero-order valence-electron chi connectivity index (χ0n) is 12.4. The van der Waals surface area contributed by atoms with Gasteiger partial charge in [-0.1, -0.05) is 17.7 Å². The molecule has 3 rings (SSSR count). The van der Waals surface area contributed by atoms with Gasteiger partial charge in [-0.2, -0.15) is 5.10 Å². The number of rotatable bonds is 5. The fourth-order valence-corrected chi connectivity index (χ4v) is 2.34. The summed E-state index contributed by atoms with van der Waals surface area (Å²) in [6, 6.07) is 13.1. The van der Waals surface area contributed by atoms with Crippen LogP contribution in [0, 0.1) is 0 Å². The van der Waals surface area contributed by atoms with E-state index in [1.807, 2.05) is 0 Å². The summed E-state index contributed by atoms with van der Waals surface area (Å²) in [5, 5.41) is 14.1. The highest BCUT2D eigenvalue weighted by Crippen LogP contribution is 2.18. The Morgan fingerprint density at radius 3 is 2.46 bits per heavy atom. The van der Waals surface area contributed by atoms with Gasteiger partial charge in [0, 0.05) is 22.8 Å². The van der Waals surface area contributed by atoms with Gasteiger partial charge in [-0.05, 0) is 36.4 Å². The van der Waals surface area contributed by atoms with Crippen molar-refractivity contribution >= 4 is 23.4 Å². The van der Waals surface area contributed by atoms with E-state index in [9.17, 15) is 14.7 Å². The van der Waals surface area contributed by atoms with E-state index < -0.39 is 5.97 Å². The van der Waals surface area contributed by atoms with Gasteiger partial charge >= 0.3 is 5.97 Å². The summed E-state index contributed by atoms with van der Waals surface area (Å²) in [5.74, 6) is -1.42. The van der Waals surface area contributed by atoms with Gasteiger partial charge in [0.25, 0.3) is 0 Å². The van der Waals surface area contributed by atoms with Crippen molar-refractivity contribution in [2.75, 3.05) is 0 Å². The molecular formula is C17H12ClN3O3. The number of carboxylic acid groups (broad SMARTS) is 1. The quantitative estimate of drug-likeness (QED) is 0.720. The number of carbonyl (C=O) groups excluding carboxylic acids is 1. The minimum Gasteiger partial charge on any atom is -0.477 e. The Morgan fingerprint density at radius 2 is 1.83 bits per heavy atom. The van der Waals surface area contributed by atoms with Gasteiger partial charge in [0.1, 0.15) is 17.9 Å². The monoisotopic (exact) mass is 341 g/mol. The van der Waals surface area contributed by atoms with Crippen LogP contribution in [0.5, 0.6) is 0 Å². The lowest BCUT2D eigenvalue weighted by Gasteiger charge is -2.04. The van der Waals surface area contributed by atoms with Crippen molar-refractivity contribution in [2.24, 2.45) is 0 Å². The zero-order valence-corrected chi connectivity index (χ0v) is 13.1. The van der Waals surface area contributed by atoms with Gasteiger partial charge < -0.3 is 5.11 Å². The number of carboxylic acids is 1. The molecule has 1 aromatic carbocycles. The van der Waals surface area contributed by atoms with Crippen molar-refractivity contribution in [3.05, 3.63) is 71.0 Å². The van der Waals surface area contributed by atoms with E-state index in [-0.39, 0.29) is 18.0 Å². The Hall–Kier alpha value is -2.99. The minimum absolute atomic E-state index is 0.0713. The Kier molecular flexibility index (Phi) is 4.39. The second-order valence-electron chi connectivity index (χ2n) is 5.02. The number of halogens is 1. The van der Waals surface area contributed by atoms with Crippen LogP contribution in [0.4, 0.5) is 0 Å². The summed E-state index contributed by atoms with van der Waals surface area (Å²) >= 11 is 5.80. The summed E-state index contributed by atoms with van der Waals surface area (Å²) in [4.78, 5) is 27.9. The molecule has 120 valence electrons. The van der Waals surface area contributed by atoms with E-state index in [0.29, 0.717) is 22.0 Å². The molecule has 24 heavy (non-hydrogen) atoms. The first-order chi connectivity index (χ1) is 11.5. The molecule has 2 aromatic heterocycles. The van der Waals surface area contributed by atoms with Crippen LogP contribution >= 0.6 is 11.6 Å². The number of pyridine rings is 1. The predicted octanol–water partition coefficient (Wildman–Crippen LogP) is 3.18. The van der Waals surface area contributed by atoms with Gasteiger partial charge in [-0.25, -0.2) is 9.48 Å². The fourth-order valence-electron chi connectivity index (χ4n) is 2.21. The number of ketones is 1. The van der Waals surface area contributed by atoms with Gasteiger partial charge in [-0.15, -0.1) is 0 Å². The van der Waals surface area contributed by atoms with Crippen LogP contribution in [0.15, 0.2) is 54.7 Å². The van der Waals surface area contributed by atoms with Crippen LogP contribution < -0.4 is 0 Å². The molecule has 0 unspecified atom stereocenters. The standard InChI is InChI=1S/C17H12ClN3O3/c18-12-6-4-11(5-7-12)16(22)10-21-15(17(23)24)9-14(20-21)13-3-1-2-8-19-13/h1-9H,10H2,(H,23,24). The Bertz CT molecular complexity index is 889. The third kappa shape index (κ3) is 3.33. The van der Waals surface area contributed by atoms with Crippen molar-refractivity contribution in [3.63, 3.8) is 0 Å². The molecule has 0 bridgehead atoms. The summed E-state index contributed by atoms with van der Waals surface area (Å²) < 4.78 is 1.17. The minimum atomic E-state index is -1.16. The van der Waals surface area contributed by atoms with Crippen LogP contribution in [0.1, 0.15) is 20.8 Å². The molecule has 0 spiro atoms. The summed E-state index contributed by atoms with van der Waals surface area (Å²) in [6.45, 7) is -0.184. The van der Waals surface area contributed by atoms with Crippen molar-refractivity contribution in [2.45, 2.75) is 6.54 Å². The zero-order chi connectivity index (χ0) is 17.1. The van der Waals surface area contributed by atoms with Crippen LogP contribution in [0.3, 0.4) is 0 Å². The molecule has 0 aliphatic heterocycles. The fraction of sp³-hybridized carbons (Fsp3) is 0.0588. The highest BCUT2D eigenvalue weighted by Gasteiger charge is 2.18. The normalized spacial score (nSPS) is 10.5. The molecular weight excluding hydrogens is 330 g/mol. The average Bonchev–Trinajstić information content (AvgIpc) is 3.00.